The minimum atomic E-state index is -0.462. The normalized spacial score (nSPS) is 11.2. The summed E-state index contributed by atoms with van der Waals surface area (Å²) in [6.07, 6.45) is 1.82. The van der Waals surface area contributed by atoms with Crippen LogP contribution in [-0.2, 0) is 6.54 Å². The van der Waals surface area contributed by atoms with Gasteiger partial charge in [-0.05, 0) is 48.4 Å². The number of nitro groups is 1. The Morgan fingerprint density at radius 1 is 1.03 bits per heavy atom. The molecule has 0 spiro atoms. The number of para-hydroxylation sites is 1. The topological polar surface area (TPSA) is 95.6 Å². The quantitative estimate of drug-likeness (QED) is 0.231. The summed E-state index contributed by atoms with van der Waals surface area (Å²) < 4.78 is 2.14. The van der Waals surface area contributed by atoms with E-state index in [0.717, 1.165) is 27.7 Å². The van der Waals surface area contributed by atoms with E-state index < -0.39 is 4.92 Å². The van der Waals surface area contributed by atoms with Crippen molar-refractivity contribution in [2.24, 2.45) is 0 Å². The number of non-ortho nitro benzene ring substituents is 1. The van der Waals surface area contributed by atoms with Crippen molar-refractivity contribution in [3.05, 3.63) is 111 Å². The molecule has 0 fully saturated rings. The average Bonchev–Trinajstić information content (AvgIpc) is 3.08. The van der Waals surface area contributed by atoms with Crippen LogP contribution in [0.15, 0.2) is 72.8 Å². The summed E-state index contributed by atoms with van der Waals surface area (Å²) in [5, 5.41) is 31.2. The average molecular weight is 418 g/mol. The summed E-state index contributed by atoms with van der Waals surface area (Å²) in [5.41, 5.74) is 5.45. The van der Waals surface area contributed by atoms with Crippen LogP contribution in [0, 0.1) is 39.7 Å². The molecule has 0 aliphatic rings. The van der Waals surface area contributed by atoms with Gasteiger partial charge >= 0.3 is 0 Å². The predicted molar refractivity (Wildman–Crippen MR) is 124 cm³/mol. The lowest BCUT2D eigenvalue weighted by Gasteiger charge is -2.10. The second-order valence-electron chi connectivity index (χ2n) is 7.35. The van der Waals surface area contributed by atoms with Gasteiger partial charge in [0.1, 0.15) is 0 Å². The van der Waals surface area contributed by atoms with Crippen molar-refractivity contribution in [1.82, 2.24) is 4.57 Å². The van der Waals surface area contributed by atoms with Crippen LogP contribution in [0.5, 0.6) is 0 Å². The molecule has 4 aromatic rings. The number of hydrogen-bond acceptors (Lipinski definition) is 4. The van der Waals surface area contributed by atoms with Crippen LogP contribution in [-0.4, -0.2) is 9.49 Å². The molecule has 0 saturated heterocycles. The van der Waals surface area contributed by atoms with Gasteiger partial charge in [0.15, 0.2) is 0 Å². The molecular weight excluding hydrogens is 400 g/mol. The first-order chi connectivity index (χ1) is 15.5. The van der Waals surface area contributed by atoms with Gasteiger partial charge in [-0.25, -0.2) is 0 Å². The van der Waals surface area contributed by atoms with E-state index in [1.807, 2.05) is 55.5 Å². The number of rotatable bonds is 5. The van der Waals surface area contributed by atoms with Gasteiger partial charge in [0.05, 0.1) is 28.2 Å². The van der Waals surface area contributed by atoms with Gasteiger partial charge in [-0.15, -0.1) is 0 Å². The molecule has 1 aromatic heterocycles. The lowest BCUT2D eigenvalue weighted by atomic mass is 10.0. The van der Waals surface area contributed by atoms with E-state index in [1.54, 1.807) is 18.2 Å². The Kier molecular flexibility index (Phi) is 5.53. The van der Waals surface area contributed by atoms with Crippen LogP contribution >= 0.6 is 0 Å². The number of fused-ring (bicyclic) bond motifs is 1. The van der Waals surface area contributed by atoms with Crippen LogP contribution in [0.1, 0.15) is 27.9 Å². The van der Waals surface area contributed by atoms with Gasteiger partial charge in [0, 0.05) is 40.8 Å². The van der Waals surface area contributed by atoms with Gasteiger partial charge in [-0.1, -0.05) is 36.4 Å². The monoisotopic (exact) mass is 418 g/mol. The number of hydrogen-bond donors (Lipinski definition) is 0. The second kappa shape index (κ2) is 8.59. The molecule has 4 rings (SSSR count). The van der Waals surface area contributed by atoms with E-state index in [-0.39, 0.29) is 5.69 Å². The number of nitrogens with zero attached hydrogens (tertiary/aromatic N) is 4. The van der Waals surface area contributed by atoms with Crippen LogP contribution < -0.4 is 0 Å². The highest BCUT2D eigenvalue weighted by Crippen LogP contribution is 2.31. The third-order valence-corrected chi connectivity index (χ3v) is 5.54. The lowest BCUT2D eigenvalue weighted by molar-refractivity contribution is -0.384. The highest BCUT2D eigenvalue weighted by molar-refractivity contribution is 5.99. The van der Waals surface area contributed by atoms with Crippen molar-refractivity contribution in [1.29, 1.82) is 10.5 Å². The molecule has 0 N–H and O–H groups in total. The summed E-state index contributed by atoms with van der Waals surface area (Å²) in [5.74, 6) is 0. The fourth-order valence-corrected chi connectivity index (χ4v) is 3.87. The fourth-order valence-electron chi connectivity index (χ4n) is 3.87. The SMILES string of the molecule is Cc1c(/C=C(/C#N)c2ccc([N+](=O)[O-])cc2)c2ccccc2n1Cc1ccccc1C#N. The molecule has 0 bridgehead atoms. The third-order valence-electron chi connectivity index (χ3n) is 5.54. The highest BCUT2D eigenvalue weighted by Gasteiger charge is 2.15. The maximum atomic E-state index is 10.9. The van der Waals surface area contributed by atoms with Gasteiger partial charge in [0.25, 0.3) is 5.69 Å². The third kappa shape index (κ3) is 3.74. The Hall–Kier alpha value is -4.68. The molecule has 0 saturated carbocycles. The Bertz CT molecular complexity index is 1450. The van der Waals surface area contributed by atoms with Crippen molar-refractivity contribution in [2.45, 2.75) is 13.5 Å². The molecule has 1 heterocycles. The van der Waals surface area contributed by atoms with Crippen molar-refractivity contribution in [3.8, 4) is 12.1 Å². The number of benzene rings is 3. The largest absolute Gasteiger partial charge is 0.340 e. The molecule has 32 heavy (non-hydrogen) atoms. The molecule has 0 aliphatic heterocycles. The zero-order chi connectivity index (χ0) is 22.7. The summed E-state index contributed by atoms with van der Waals surface area (Å²) in [6, 6.07) is 25.9. The zero-order valence-corrected chi connectivity index (χ0v) is 17.3. The van der Waals surface area contributed by atoms with E-state index in [9.17, 15) is 20.6 Å². The molecule has 0 amide bonds. The van der Waals surface area contributed by atoms with Crippen LogP contribution in [0.2, 0.25) is 0 Å². The molecule has 6 heteroatoms. The van der Waals surface area contributed by atoms with E-state index in [4.69, 9.17) is 0 Å². The minimum absolute atomic E-state index is 0.0185. The second-order valence-corrected chi connectivity index (χ2v) is 7.35. The number of aromatic nitrogens is 1. The van der Waals surface area contributed by atoms with Crippen molar-refractivity contribution < 1.29 is 4.92 Å². The molecule has 0 radical (unpaired) electrons. The first kappa shape index (κ1) is 20.6. The summed E-state index contributed by atoms with van der Waals surface area (Å²) in [6.45, 7) is 2.52. The Morgan fingerprint density at radius 3 is 2.41 bits per heavy atom. The zero-order valence-electron chi connectivity index (χ0n) is 17.3. The van der Waals surface area contributed by atoms with Gasteiger partial charge in [-0.3, -0.25) is 10.1 Å². The maximum absolute atomic E-state index is 10.9. The Labute approximate surface area is 185 Å². The summed E-state index contributed by atoms with van der Waals surface area (Å²) in [7, 11) is 0. The maximum Gasteiger partial charge on any atom is 0.269 e. The number of nitriles is 2. The van der Waals surface area contributed by atoms with Gasteiger partial charge < -0.3 is 4.57 Å². The Morgan fingerprint density at radius 2 is 1.72 bits per heavy atom. The van der Waals surface area contributed by atoms with Crippen LogP contribution in [0.3, 0.4) is 0 Å². The lowest BCUT2D eigenvalue weighted by Crippen LogP contribution is -2.03. The molecule has 6 nitrogen and oxygen atoms in total. The molecular formula is C26H18N4O2. The predicted octanol–water partition coefficient (Wildman–Crippen LogP) is 5.84. The van der Waals surface area contributed by atoms with Crippen molar-refractivity contribution >= 4 is 28.2 Å². The first-order valence-corrected chi connectivity index (χ1v) is 9.96. The Balaban J connectivity index is 1.84. The minimum Gasteiger partial charge on any atom is -0.340 e. The fraction of sp³-hybridized carbons (Fsp3) is 0.0769. The summed E-state index contributed by atoms with van der Waals surface area (Å²) >= 11 is 0. The van der Waals surface area contributed by atoms with Gasteiger partial charge in [0.2, 0.25) is 0 Å². The van der Waals surface area contributed by atoms with E-state index in [1.165, 1.54) is 12.1 Å². The smallest absolute Gasteiger partial charge is 0.269 e. The van der Waals surface area contributed by atoms with E-state index in [0.29, 0.717) is 23.2 Å². The molecule has 154 valence electrons. The number of allylic oxidation sites excluding steroid dienone is 1. The van der Waals surface area contributed by atoms with Crippen LogP contribution in [0.4, 0.5) is 5.69 Å². The first-order valence-electron chi connectivity index (χ1n) is 9.96. The van der Waals surface area contributed by atoms with Gasteiger partial charge in [-0.2, -0.15) is 10.5 Å². The molecule has 3 aromatic carbocycles. The standard InChI is InChI=1S/C26H18N4O2/c1-18-25(14-22(16-28)19-10-12-23(13-11-19)30(31)32)24-8-4-5-9-26(24)29(18)17-21-7-3-2-6-20(21)15-27/h2-14H,17H2,1H3/b22-14-. The molecule has 0 unspecified atom stereocenters. The summed E-state index contributed by atoms with van der Waals surface area (Å²) in [4.78, 5) is 10.5. The van der Waals surface area contributed by atoms with Crippen LogP contribution in [0.25, 0.3) is 22.6 Å². The van der Waals surface area contributed by atoms with Crippen molar-refractivity contribution in [3.63, 3.8) is 0 Å². The van der Waals surface area contributed by atoms with E-state index >= 15 is 0 Å². The van der Waals surface area contributed by atoms with E-state index in [2.05, 4.69) is 16.7 Å². The molecule has 0 aliphatic carbocycles. The molecule has 0 atom stereocenters. The highest BCUT2D eigenvalue weighted by atomic mass is 16.6. The van der Waals surface area contributed by atoms with Crippen molar-refractivity contribution in [2.75, 3.05) is 0 Å². The number of nitro benzene ring substituents is 1.